The summed E-state index contributed by atoms with van der Waals surface area (Å²) in [5.74, 6) is 1.03. The van der Waals surface area contributed by atoms with Crippen LogP contribution in [0.1, 0.15) is 25.6 Å². The van der Waals surface area contributed by atoms with E-state index in [-0.39, 0.29) is 5.91 Å². The Morgan fingerprint density at radius 2 is 2.11 bits per heavy atom. The van der Waals surface area contributed by atoms with E-state index in [9.17, 15) is 4.79 Å². The number of pyridine rings is 2. The molecule has 3 aromatic heterocycles. The van der Waals surface area contributed by atoms with E-state index in [2.05, 4.69) is 14.5 Å². The average Bonchev–Trinajstić information content (AvgIpc) is 3.10. The predicted octanol–water partition coefficient (Wildman–Crippen LogP) is 2.16. The lowest BCUT2D eigenvalue weighted by Gasteiger charge is -2.26. The van der Waals surface area contributed by atoms with Gasteiger partial charge in [0.1, 0.15) is 23.5 Å². The zero-order valence-corrected chi connectivity index (χ0v) is 16.1. The van der Waals surface area contributed by atoms with E-state index in [1.807, 2.05) is 24.0 Å². The smallest absolute Gasteiger partial charge is 0.222 e. The van der Waals surface area contributed by atoms with Gasteiger partial charge in [-0.1, -0.05) is 0 Å². The number of carbonyl (C=O) groups excluding carboxylic acids is 1. The zero-order chi connectivity index (χ0) is 19.3. The van der Waals surface area contributed by atoms with E-state index in [1.165, 1.54) is 0 Å². The van der Waals surface area contributed by atoms with Crippen LogP contribution in [-0.2, 0) is 27.4 Å². The first-order chi connectivity index (χ1) is 13.8. The van der Waals surface area contributed by atoms with Crippen LogP contribution in [0.15, 0.2) is 24.5 Å². The highest BCUT2D eigenvalue weighted by atomic mass is 16.5. The van der Waals surface area contributed by atoms with Crippen molar-refractivity contribution in [3.8, 4) is 0 Å². The van der Waals surface area contributed by atoms with Gasteiger partial charge in [0.2, 0.25) is 5.91 Å². The average molecular weight is 383 g/mol. The molecule has 0 aromatic carbocycles. The fourth-order valence-corrected chi connectivity index (χ4v) is 3.58. The van der Waals surface area contributed by atoms with Crippen molar-refractivity contribution >= 4 is 28.0 Å². The first-order valence-corrected chi connectivity index (χ1v) is 9.80. The van der Waals surface area contributed by atoms with Crippen LogP contribution in [0.3, 0.4) is 0 Å². The van der Waals surface area contributed by atoms with Crippen LogP contribution in [-0.4, -0.2) is 63.2 Å². The summed E-state index contributed by atoms with van der Waals surface area (Å²) < 4.78 is 13.1. The molecule has 1 amide bonds. The van der Waals surface area contributed by atoms with Crippen LogP contribution in [0.2, 0.25) is 0 Å². The van der Waals surface area contributed by atoms with E-state index in [4.69, 9.17) is 14.5 Å². The van der Waals surface area contributed by atoms with E-state index >= 15 is 0 Å². The summed E-state index contributed by atoms with van der Waals surface area (Å²) in [6.45, 7) is 6.32. The monoisotopic (exact) mass is 383 g/mol. The van der Waals surface area contributed by atoms with Gasteiger partial charge in [0.15, 0.2) is 0 Å². The van der Waals surface area contributed by atoms with Crippen LogP contribution in [0, 0.1) is 0 Å². The standard InChI is InChI=1S/C20H25N5O3/c1-2-27-14-17-23-16-13-22-15-5-3-7-21-19(15)20(16)25(17)8-4-6-18(26)24-9-11-28-12-10-24/h3,5,7,13H,2,4,6,8-12,14H2,1H3. The molecule has 1 saturated heterocycles. The van der Waals surface area contributed by atoms with Crippen LogP contribution in [0.25, 0.3) is 22.1 Å². The Hall–Kier alpha value is -2.58. The number of morpholine rings is 1. The number of fused-ring (bicyclic) bond motifs is 3. The number of carbonyl (C=O) groups is 1. The fourth-order valence-electron chi connectivity index (χ4n) is 3.58. The second kappa shape index (κ2) is 8.62. The normalized spacial score (nSPS) is 14.8. The van der Waals surface area contributed by atoms with Crippen LogP contribution in [0.5, 0.6) is 0 Å². The predicted molar refractivity (Wildman–Crippen MR) is 105 cm³/mol. The van der Waals surface area contributed by atoms with Gasteiger partial charge in [-0.3, -0.25) is 14.8 Å². The van der Waals surface area contributed by atoms with Crippen molar-refractivity contribution in [3.63, 3.8) is 0 Å². The van der Waals surface area contributed by atoms with E-state index in [1.54, 1.807) is 12.4 Å². The van der Waals surface area contributed by atoms with Gasteiger partial charge in [-0.2, -0.15) is 0 Å². The van der Waals surface area contributed by atoms with Crippen molar-refractivity contribution in [2.75, 3.05) is 32.9 Å². The summed E-state index contributed by atoms with van der Waals surface area (Å²) in [6, 6.07) is 3.83. The Kier molecular flexibility index (Phi) is 5.78. The summed E-state index contributed by atoms with van der Waals surface area (Å²) in [5, 5.41) is 0. The van der Waals surface area contributed by atoms with Gasteiger partial charge in [0, 0.05) is 38.9 Å². The van der Waals surface area contributed by atoms with Gasteiger partial charge in [0.25, 0.3) is 0 Å². The van der Waals surface area contributed by atoms with Gasteiger partial charge >= 0.3 is 0 Å². The lowest BCUT2D eigenvalue weighted by Crippen LogP contribution is -2.40. The summed E-state index contributed by atoms with van der Waals surface area (Å²) in [6.07, 6.45) is 4.79. The number of aryl methyl sites for hydroxylation is 1. The lowest BCUT2D eigenvalue weighted by atomic mass is 10.2. The molecule has 0 bridgehead atoms. The minimum absolute atomic E-state index is 0.184. The highest BCUT2D eigenvalue weighted by molar-refractivity contribution is 5.99. The number of hydrogen-bond acceptors (Lipinski definition) is 6. The quantitative estimate of drug-likeness (QED) is 0.622. The van der Waals surface area contributed by atoms with E-state index in [0.717, 1.165) is 34.3 Å². The fraction of sp³-hybridized carbons (Fsp3) is 0.500. The maximum atomic E-state index is 12.5. The maximum Gasteiger partial charge on any atom is 0.222 e. The van der Waals surface area contributed by atoms with Gasteiger partial charge < -0.3 is 18.9 Å². The molecule has 8 heteroatoms. The van der Waals surface area contributed by atoms with Crippen LogP contribution < -0.4 is 0 Å². The molecule has 28 heavy (non-hydrogen) atoms. The third-order valence-corrected chi connectivity index (χ3v) is 4.98. The van der Waals surface area contributed by atoms with Crippen LogP contribution in [0.4, 0.5) is 0 Å². The number of aromatic nitrogens is 4. The summed E-state index contributed by atoms with van der Waals surface area (Å²) in [4.78, 5) is 28.0. The number of hydrogen-bond donors (Lipinski definition) is 0. The second-order valence-electron chi connectivity index (χ2n) is 6.78. The molecule has 0 saturated carbocycles. The van der Waals surface area contributed by atoms with Crippen molar-refractivity contribution in [1.29, 1.82) is 0 Å². The van der Waals surface area contributed by atoms with Gasteiger partial charge in [-0.15, -0.1) is 0 Å². The molecule has 0 N–H and O–H groups in total. The maximum absolute atomic E-state index is 12.5. The molecule has 148 valence electrons. The molecule has 8 nitrogen and oxygen atoms in total. The van der Waals surface area contributed by atoms with Crippen molar-refractivity contribution in [3.05, 3.63) is 30.4 Å². The van der Waals surface area contributed by atoms with Crippen LogP contribution >= 0.6 is 0 Å². The molecule has 0 aliphatic carbocycles. The molecule has 0 radical (unpaired) electrons. The molecule has 4 rings (SSSR count). The highest BCUT2D eigenvalue weighted by Gasteiger charge is 2.18. The third-order valence-electron chi connectivity index (χ3n) is 4.98. The SMILES string of the molecule is CCOCc1nc2cnc3cccnc3c2n1CCCC(=O)N1CCOCC1. The van der Waals surface area contributed by atoms with Crippen molar-refractivity contribution in [2.45, 2.75) is 32.9 Å². The number of ether oxygens (including phenoxy) is 2. The first-order valence-electron chi connectivity index (χ1n) is 9.80. The zero-order valence-electron chi connectivity index (χ0n) is 16.1. The molecule has 4 heterocycles. The number of amides is 1. The minimum atomic E-state index is 0.184. The van der Waals surface area contributed by atoms with E-state index < -0.39 is 0 Å². The molecule has 1 fully saturated rings. The molecule has 0 atom stereocenters. The Bertz CT molecular complexity index is 965. The van der Waals surface area contributed by atoms with Crippen molar-refractivity contribution in [2.24, 2.45) is 0 Å². The Morgan fingerprint density at radius 1 is 1.25 bits per heavy atom. The molecule has 0 unspecified atom stereocenters. The number of rotatable bonds is 7. The molecular formula is C20H25N5O3. The minimum Gasteiger partial charge on any atom is -0.378 e. The summed E-state index contributed by atoms with van der Waals surface area (Å²) in [7, 11) is 0. The van der Waals surface area contributed by atoms with Gasteiger partial charge in [-0.05, 0) is 25.5 Å². The molecular weight excluding hydrogens is 358 g/mol. The lowest BCUT2D eigenvalue weighted by molar-refractivity contribution is -0.135. The van der Waals surface area contributed by atoms with Crippen molar-refractivity contribution in [1.82, 2.24) is 24.4 Å². The summed E-state index contributed by atoms with van der Waals surface area (Å²) in [5.41, 5.74) is 3.43. The molecule has 1 aliphatic heterocycles. The number of nitrogens with zero attached hydrogens (tertiary/aromatic N) is 5. The van der Waals surface area contributed by atoms with Gasteiger partial charge in [0.05, 0.1) is 30.4 Å². The Morgan fingerprint density at radius 3 is 2.93 bits per heavy atom. The third kappa shape index (κ3) is 3.83. The second-order valence-corrected chi connectivity index (χ2v) is 6.78. The highest BCUT2D eigenvalue weighted by Crippen LogP contribution is 2.24. The first kappa shape index (κ1) is 18.8. The molecule has 1 aliphatic rings. The molecule has 0 spiro atoms. The van der Waals surface area contributed by atoms with E-state index in [0.29, 0.717) is 52.5 Å². The van der Waals surface area contributed by atoms with Gasteiger partial charge in [-0.25, -0.2) is 4.98 Å². The summed E-state index contributed by atoms with van der Waals surface area (Å²) >= 11 is 0. The largest absolute Gasteiger partial charge is 0.378 e. The topological polar surface area (TPSA) is 82.4 Å². The molecule has 3 aromatic rings. The Labute approximate surface area is 163 Å². The van der Waals surface area contributed by atoms with Crippen molar-refractivity contribution < 1.29 is 14.3 Å². The Balaban J connectivity index is 1.58. The number of imidazole rings is 1.